The third-order valence-electron chi connectivity index (χ3n) is 3.10. The Hall–Kier alpha value is -0.820. The largest absolute Gasteiger partial charge is 0.376 e. The van der Waals surface area contributed by atoms with Crippen molar-refractivity contribution in [2.75, 3.05) is 25.4 Å². The van der Waals surface area contributed by atoms with E-state index in [4.69, 9.17) is 10.5 Å². The van der Waals surface area contributed by atoms with E-state index in [1.165, 1.54) is 0 Å². The molecule has 112 valence electrons. The first-order chi connectivity index (χ1) is 8.72. The van der Waals surface area contributed by atoms with E-state index in [1.54, 1.807) is 20.8 Å². The van der Waals surface area contributed by atoms with E-state index in [0.29, 0.717) is 6.54 Å². The van der Waals surface area contributed by atoms with Crippen LogP contribution in [-0.2, 0) is 14.6 Å². The van der Waals surface area contributed by atoms with Crippen LogP contribution in [0.3, 0.4) is 0 Å². The molecule has 1 aliphatic rings. The number of guanidine groups is 1. The standard InChI is InChI=1S/C12H25N3O3S/c1-12(2,3)19(16,17)8-6-14-11(13)15-9-10-5-4-7-18-10/h10H,4-9H2,1-3H3,(H3,13,14,15). The molecule has 3 N–H and O–H groups in total. The van der Waals surface area contributed by atoms with Crippen molar-refractivity contribution in [2.24, 2.45) is 10.7 Å². The molecule has 0 aromatic rings. The number of nitrogens with one attached hydrogen (secondary N) is 1. The van der Waals surface area contributed by atoms with E-state index in [2.05, 4.69) is 10.3 Å². The normalized spacial score (nSPS) is 21.6. The van der Waals surface area contributed by atoms with Gasteiger partial charge in [-0.25, -0.2) is 8.42 Å². The second kappa shape index (κ2) is 6.56. The quantitative estimate of drug-likeness (QED) is 0.560. The molecule has 1 saturated heterocycles. The van der Waals surface area contributed by atoms with Gasteiger partial charge in [0.25, 0.3) is 0 Å². The number of nitrogens with zero attached hydrogens (tertiary/aromatic N) is 1. The number of aliphatic imine (C=N–C) groups is 1. The highest BCUT2D eigenvalue weighted by Crippen LogP contribution is 2.15. The number of rotatable bonds is 5. The first kappa shape index (κ1) is 16.2. The van der Waals surface area contributed by atoms with Crippen LogP contribution >= 0.6 is 0 Å². The van der Waals surface area contributed by atoms with Gasteiger partial charge in [0.15, 0.2) is 15.8 Å². The van der Waals surface area contributed by atoms with Crippen LogP contribution in [0.4, 0.5) is 0 Å². The molecule has 0 aliphatic carbocycles. The molecule has 1 heterocycles. The number of hydrogen-bond donors (Lipinski definition) is 2. The molecule has 1 rings (SSSR count). The van der Waals surface area contributed by atoms with Crippen LogP contribution in [0.2, 0.25) is 0 Å². The highest BCUT2D eigenvalue weighted by Gasteiger charge is 2.28. The molecule has 19 heavy (non-hydrogen) atoms. The van der Waals surface area contributed by atoms with Gasteiger partial charge in [-0.3, -0.25) is 4.99 Å². The molecule has 0 aromatic carbocycles. The van der Waals surface area contributed by atoms with E-state index in [-0.39, 0.29) is 24.4 Å². The summed E-state index contributed by atoms with van der Waals surface area (Å²) in [6.07, 6.45) is 2.23. The van der Waals surface area contributed by atoms with E-state index in [1.807, 2.05) is 0 Å². The molecular weight excluding hydrogens is 266 g/mol. The predicted molar refractivity (Wildman–Crippen MR) is 77.0 cm³/mol. The van der Waals surface area contributed by atoms with Gasteiger partial charge in [0.05, 0.1) is 23.1 Å². The average Bonchev–Trinajstić information content (AvgIpc) is 2.77. The molecule has 7 heteroatoms. The average molecular weight is 291 g/mol. The van der Waals surface area contributed by atoms with Gasteiger partial charge in [0.2, 0.25) is 0 Å². The maximum Gasteiger partial charge on any atom is 0.188 e. The van der Waals surface area contributed by atoms with Crippen LogP contribution in [0, 0.1) is 0 Å². The number of nitrogens with two attached hydrogens (primary N) is 1. The van der Waals surface area contributed by atoms with Crippen LogP contribution < -0.4 is 11.1 Å². The van der Waals surface area contributed by atoms with Crippen molar-refractivity contribution in [3.63, 3.8) is 0 Å². The van der Waals surface area contributed by atoms with Crippen molar-refractivity contribution in [3.05, 3.63) is 0 Å². The molecular formula is C12H25N3O3S. The summed E-state index contributed by atoms with van der Waals surface area (Å²) in [6.45, 7) is 6.67. The third-order valence-corrected chi connectivity index (χ3v) is 5.71. The monoisotopic (exact) mass is 291 g/mol. The van der Waals surface area contributed by atoms with Gasteiger partial charge in [-0.2, -0.15) is 0 Å². The lowest BCUT2D eigenvalue weighted by molar-refractivity contribution is 0.118. The molecule has 0 aromatic heterocycles. The van der Waals surface area contributed by atoms with E-state index in [0.717, 1.165) is 19.4 Å². The summed E-state index contributed by atoms with van der Waals surface area (Å²) in [7, 11) is -3.12. The lowest BCUT2D eigenvalue weighted by Crippen LogP contribution is -2.39. The minimum atomic E-state index is -3.12. The van der Waals surface area contributed by atoms with Crippen molar-refractivity contribution in [2.45, 2.75) is 44.5 Å². The maximum absolute atomic E-state index is 11.9. The van der Waals surface area contributed by atoms with Gasteiger partial charge in [-0.15, -0.1) is 0 Å². The summed E-state index contributed by atoms with van der Waals surface area (Å²) < 4.78 is 28.4. The molecule has 1 fully saturated rings. The van der Waals surface area contributed by atoms with Crippen molar-refractivity contribution in [3.8, 4) is 0 Å². The number of hydrogen-bond acceptors (Lipinski definition) is 4. The van der Waals surface area contributed by atoms with Crippen molar-refractivity contribution < 1.29 is 13.2 Å². The van der Waals surface area contributed by atoms with Gasteiger partial charge >= 0.3 is 0 Å². The smallest absolute Gasteiger partial charge is 0.188 e. The zero-order chi connectivity index (χ0) is 14.5. The van der Waals surface area contributed by atoms with Crippen LogP contribution in [0.5, 0.6) is 0 Å². The molecule has 0 spiro atoms. The van der Waals surface area contributed by atoms with Gasteiger partial charge in [0.1, 0.15) is 0 Å². The minimum absolute atomic E-state index is 0.0483. The summed E-state index contributed by atoms with van der Waals surface area (Å²) >= 11 is 0. The van der Waals surface area contributed by atoms with Gasteiger partial charge in [-0.1, -0.05) is 0 Å². The Morgan fingerprint density at radius 3 is 2.68 bits per heavy atom. The SMILES string of the molecule is CC(C)(C)S(=O)(=O)CCNC(N)=NCC1CCCO1. The van der Waals surface area contributed by atoms with Crippen molar-refractivity contribution in [1.29, 1.82) is 0 Å². The number of ether oxygens (including phenoxy) is 1. The van der Waals surface area contributed by atoms with Gasteiger partial charge in [-0.05, 0) is 33.6 Å². The topological polar surface area (TPSA) is 93.8 Å². The van der Waals surface area contributed by atoms with Crippen LogP contribution in [-0.4, -0.2) is 50.7 Å². The maximum atomic E-state index is 11.9. The number of sulfone groups is 1. The molecule has 0 radical (unpaired) electrons. The Labute approximate surface area is 115 Å². The second-order valence-electron chi connectivity index (χ2n) is 5.72. The van der Waals surface area contributed by atoms with Crippen LogP contribution in [0.15, 0.2) is 4.99 Å². The van der Waals surface area contributed by atoms with E-state index < -0.39 is 14.6 Å². The Morgan fingerprint density at radius 2 is 2.16 bits per heavy atom. The first-order valence-corrected chi connectivity index (χ1v) is 8.25. The van der Waals surface area contributed by atoms with Crippen LogP contribution in [0.1, 0.15) is 33.6 Å². The molecule has 1 unspecified atom stereocenters. The molecule has 0 amide bonds. The highest BCUT2D eigenvalue weighted by atomic mass is 32.2. The van der Waals surface area contributed by atoms with Crippen molar-refractivity contribution >= 4 is 15.8 Å². The lowest BCUT2D eigenvalue weighted by Gasteiger charge is -2.19. The minimum Gasteiger partial charge on any atom is -0.376 e. The highest BCUT2D eigenvalue weighted by molar-refractivity contribution is 7.92. The van der Waals surface area contributed by atoms with Crippen molar-refractivity contribution in [1.82, 2.24) is 5.32 Å². The summed E-state index contributed by atoms with van der Waals surface area (Å²) in [5.41, 5.74) is 5.68. The summed E-state index contributed by atoms with van der Waals surface area (Å²) in [4.78, 5) is 4.15. The van der Waals surface area contributed by atoms with Gasteiger partial charge in [0, 0.05) is 13.2 Å². The molecule has 0 bridgehead atoms. The van der Waals surface area contributed by atoms with E-state index in [9.17, 15) is 8.42 Å². The lowest BCUT2D eigenvalue weighted by atomic mass is 10.2. The van der Waals surface area contributed by atoms with Crippen LogP contribution in [0.25, 0.3) is 0 Å². The molecule has 1 atom stereocenters. The Bertz CT molecular complexity index is 406. The Morgan fingerprint density at radius 1 is 1.47 bits per heavy atom. The Balaban J connectivity index is 2.30. The Kier molecular flexibility index (Phi) is 5.61. The summed E-state index contributed by atoms with van der Waals surface area (Å²) in [6, 6.07) is 0. The fourth-order valence-corrected chi connectivity index (χ4v) is 2.65. The summed E-state index contributed by atoms with van der Waals surface area (Å²) in [5, 5.41) is 2.83. The zero-order valence-corrected chi connectivity index (χ0v) is 12.8. The molecule has 6 nitrogen and oxygen atoms in total. The fourth-order valence-electron chi connectivity index (χ4n) is 1.66. The fraction of sp³-hybridized carbons (Fsp3) is 0.917. The predicted octanol–water partition coefficient (Wildman–Crippen LogP) is 0.283. The summed E-state index contributed by atoms with van der Waals surface area (Å²) in [5.74, 6) is 0.326. The van der Waals surface area contributed by atoms with Gasteiger partial charge < -0.3 is 15.8 Å². The third kappa shape index (κ3) is 5.36. The second-order valence-corrected chi connectivity index (χ2v) is 8.58. The van der Waals surface area contributed by atoms with E-state index >= 15 is 0 Å². The molecule has 0 saturated carbocycles. The zero-order valence-electron chi connectivity index (χ0n) is 12.0. The molecule has 1 aliphatic heterocycles. The first-order valence-electron chi connectivity index (χ1n) is 6.60.